The van der Waals surface area contributed by atoms with E-state index in [0.29, 0.717) is 18.0 Å². The molecule has 0 bridgehead atoms. The van der Waals surface area contributed by atoms with Crippen LogP contribution < -0.4 is 5.73 Å². The lowest BCUT2D eigenvalue weighted by Crippen LogP contribution is -2.46. The van der Waals surface area contributed by atoms with Gasteiger partial charge in [0.2, 0.25) is 0 Å². The van der Waals surface area contributed by atoms with E-state index in [-0.39, 0.29) is 0 Å². The molecule has 0 aromatic rings. The molecule has 0 saturated heterocycles. The molecule has 1 fully saturated rings. The summed E-state index contributed by atoms with van der Waals surface area (Å²) in [6, 6.07) is 1.12. The molecule has 2 rings (SSSR count). The number of aliphatic imine (C=N–C) groups is 1. The Hall–Kier alpha value is -0.770. The summed E-state index contributed by atoms with van der Waals surface area (Å²) in [5.41, 5.74) is 5.88. The SMILES string of the molecule is COCC(C)C1CN=C(N)N1C1CC1. The zero-order valence-electron chi connectivity index (χ0n) is 8.94. The maximum atomic E-state index is 5.88. The van der Waals surface area contributed by atoms with Crippen molar-refractivity contribution in [3.63, 3.8) is 0 Å². The van der Waals surface area contributed by atoms with E-state index in [9.17, 15) is 0 Å². The Morgan fingerprint density at radius 2 is 2.36 bits per heavy atom. The average Bonchev–Trinajstić information content (AvgIpc) is 2.90. The van der Waals surface area contributed by atoms with Crippen molar-refractivity contribution in [3.8, 4) is 0 Å². The minimum Gasteiger partial charge on any atom is -0.384 e. The highest BCUT2D eigenvalue weighted by molar-refractivity contribution is 5.80. The molecule has 14 heavy (non-hydrogen) atoms. The van der Waals surface area contributed by atoms with Crippen LogP contribution in [0, 0.1) is 5.92 Å². The van der Waals surface area contributed by atoms with E-state index < -0.39 is 0 Å². The van der Waals surface area contributed by atoms with Crippen molar-refractivity contribution in [2.45, 2.75) is 31.8 Å². The van der Waals surface area contributed by atoms with E-state index in [0.717, 1.165) is 19.1 Å². The van der Waals surface area contributed by atoms with Crippen LogP contribution in [-0.4, -0.2) is 43.2 Å². The molecule has 1 heterocycles. The summed E-state index contributed by atoms with van der Waals surface area (Å²) in [5.74, 6) is 1.24. The summed E-state index contributed by atoms with van der Waals surface area (Å²) in [5, 5.41) is 0. The van der Waals surface area contributed by atoms with Gasteiger partial charge in [0.05, 0.1) is 19.2 Å². The van der Waals surface area contributed by atoms with Crippen molar-refractivity contribution in [2.75, 3.05) is 20.3 Å². The molecule has 2 aliphatic rings. The first-order valence-electron chi connectivity index (χ1n) is 5.31. The first-order valence-corrected chi connectivity index (χ1v) is 5.31. The maximum Gasteiger partial charge on any atom is 0.191 e. The van der Waals surface area contributed by atoms with Crippen molar-refractivity contribution in [1.29, 1.82) is 0 Å². The molecule has 1 aliphatic heterocycles. The van der Waals surface area contributed by atoms with Gasteiger partial charge in [-0.1, -0.05) is 6.92 Å². The highest BCUT2D eigenvalue weighted by atomic mass is 16.5. The molecule has 0 aromatic heterocycles. The molecule has 0 radical (unpaired) electrons. The topological polar surface area (TPSA) is 50.9 Å². The molecular formula is C10H19N3O. The molecule has 2 N–H and O–H groups in total. The number of hydrogen-bond acceptors (Lipinski definition) is 4. The lowest BCUT2D eigenvalue weighted by Gasteiger charge is -2.30. The molecule has 2 unspecified atom stereocenters. The van der Waals surface area contributed by atoms with Crippen LogP contribution in [0.1, 0.15) is 19.8 Å². The predicted octanol–water partition coefficient (Wildman–Crippen LogP) is 0.430. The Balaban J connectivity index is 1.98. The molecule has 1 aliphatic carbocycles. The van der Waals surface area contributed by atoms with Crippen LogP contribution in [0.5, 0.6) is 0 Å². The Morgan fingerprint density at radius 3 is 2.93 bits per heavy atom. The summed E-state index contributed by atoms with van der Waals surface area (Å²) >= 11 is 0. The van der Waals surface area contributed by atoms with Crippen LogP contribution in [-0.2, 0) is 4.74 Å². The lowest BCUT2D eigenvalue weighted by atomic mass is 10.0. The van der Waals surface area contributed by atoms with Crippen molar-refractivity contribution in [3.05, 3.63) is 0 Å². The van der Waals surface area contributed by atoms with Crippen LogP contribution in [0.15, 0.2) is 4.99 Å². The van der Waals surface area contributed by atoms with Gasteiger partial charge in [-0.05, 0) is 12.8 Å². The molecule has 0 aromatic carbocycles. The zero-order valence-corrected chi connectivity index (χ0v) is 8.94. The third-order valence-electron chi connectivity index (χ3n) is 3.09. The minimum atomic E-state index is 0.461. The van der Waals surface area contributed by atoms with Crippen molar-refractivity contribution >= 4 is 5.96 Å². The molecule has 4 heteroatoms. The minimum absolute atomic E-state index is 0.461. The third kappa shape index (κ3) is 1.71. The van der Waals surface area contributed by atoms with Crippen LogP contribution in [0.3, 0.4) is 0 Å². The number of rotatable bonds is 4. The van der Waals surface area contributed by atoms with Gasteiger partial charge < -0.3 is 15.4 Å². The average molecular weight is 197 g/mol. The number of guanidine groups is 1. The van der Waals surface area contributed by atoms with Crippen molar-refractivity contribution in [2.24, 2.45) is 16.6 Å². The molecule has 4 nitrogen and oxygen atoms in total. The number of ether oxygens (including phenoxy) is 1. The van der Waals surface area contributed by atoms with Gasteiger partial charge in [0.25, 0.3) is 0 Å². The largest absolute Gasteiger partial charge is 0.384 e. The van der Waals surface area contributed by atoms with E-state index in [1.165, 1.54) is 12.8 Å². The third-order valence-corrected chi connectivity index (χ3v) is 3.09. The van der Waals surface area contributed by atoms with Crippen molar-refractivity contribution < 1.29 is 4.74 Å². The van der Waals surface area contributed by atoms with Gasteiger partial charge in [-0.2, -0.15) is 0 Å². The Labute approximate surface area is 85.1 Å². The fourth-order valence-corrected chi connectivity index (χ4v) is 2.17. The summed E-state index contributed by atoms with van der Waals surface area (Å²) in [7, 11) is 1.75. The van der Waals surface area contributed by atoms with Gasteiger partial charge in [0.15, 0.2) is 5.96 Å². The Morgan fingerprint density at radius 1 is 1.64 bits per heavy atom. The second-order valence-corrected chi connectivity index (χ2v) is 4.34. The second-order valence-electron chi connectivity index (χ2n) is 4.34. The number of nitrogens with zero attached hydrogens (tertiary/aromatic N) is 2. The monoisotopic (exact) mass is 197 g/mol. The molecular weight excluding hydrogens is 178 g/mol. The highest BCUT2D eigenvalue weighted by Crippen LogP contribution is 2.32. The number of nitrogens with two attached hydrogens (primary N) is 1. The first kappa shape index (κ1) is 9.77. The molecule has 80 valence electrons. The van der Waals surface area contributed by atoms with Gasteiger partial charge in [-0.25, -0.2) is 0 Å². The van der Waals surface area contributed by atoms with Crippen LogP contribution in [0.25, 0.3) is 0 Å². The number of hydrogen-bond donors (Lipinski definition) is 1. The van der Waals surface area contributed by atoms with Gasteiger partial charge in [-0.3, -0.25) is 4.99 Å². The van der Waals surface area contributed by atoms with Gasteiger partial charge >= 0.3 is 0 Å². The van der Waals surface area contributed by atoms with Gasteiger partial charge in [0.1, 0.15) is 0 Å². The Bertz CT molecular complexity index is 238. The quantitative estimate of drug-likeness (QED) is 0.711. The van der Waals surface area contributed by atoms with E-state index >= 15 is 0 Å². The van der Waals surface area contributed by atoms with Crippen LogP contribution in [0.4, 0.5) is 0 Å². The first-order chi connectivity index (χ1) is 6.74. The fourth-order valence-electron chi connectivity index (χ4n) is 2.17. The van der Waals surface area contributed by atoms with E-state index in [4.69, 9.17) is 10.5 Å². The maximum absolute atomic E-state index is 5.88. The van der Waals surface area contributed by atoms with Crippen LogP contribution >= 0.6 is 0 Å². The molecule has 0 spiro atoms. The Kier molecular flexibility index (Phi) is 2.63. The van der Waals surface area contributed by atoms with Gasteiger partial charge in [-0.15, -0.1) is 0 Å². The van der Waals surface area contributed by atoms with E-state index in [2.05, 4.69) is 16.8 Å². The summed E-state index contributed by atoms with van der Waals surface area (Å²) in [6.07, 6.45) is 2.54. The molecule has 0 amide bonds. The van der Waals surface area contributed by atoms with E-state index in [1.807, 2.05) is 0 Å². The van der Waals surface area contributed by atoms with Crippen LogP contribution in [0.2, 0.25) is 0 Å². The summed E-state index contributed by atoms with van der Waals surface area (Å²) in [6.45, 7) is 3.83. The van der Waals surface area contributed by atoms with Gasteiger partial charge in [0, 0.05) is 19.1 Å². The smallest absolute Gasteiger partial charge is 0.191 e. The standard InChI is InChI=1S/C10H19N3O/c1-7(6-14-2)9-5-12-10(11)13(9)8-3-4-8/h7-9H,3-6H2,1-2H3,(H2,11,12). The lowest BCUT2D eigenvalue weighted by molar-refractivity contribution is 0.118. The fraction of sp³-hybridized carbons (Fsp3) is 0.900. The normalized spacial score (nSPS) is 29.1. The second kappa shape index (κ2) is 3.77. The predicted molar refractivity (Wildman–Crippen MR) is 56.2 cm³/mol. The zero-order chi connectivity index (χ0) is 10.1. The summed E-state index contributed by atoms with van der Waals surface area (Å²) < 4.78 is 5.18. The van der Waals surface area contributed by atoms with Crippen molar-refractivity contribution in [1.82, 2.24) is 4.90 Å². The highest BCUT2D eigenvalue weighted by Gasteiger charge is 2.40. The number of methoxy groups -OCH3 is 1. The summed E-state index contributed by atoms with van der Waals surface area (Å²) in [4.78, 5) is 6.62. The molecule has 2 atom stereocenters. The molecule has 1 saturated carbocycles. The van der Waals surface area contributed by atoms with E-state index in [1.54, 1.807) is 7.11 Å².